The molecule has 2 aromatic rings. The molecule has 0 saturated carbocycles. The van der Waals surface area contributed by atoms with E-state index >= 15 is 0 Å². The van der Waals surface area contributed by atoms with Gasteiger partial charge in [0.15, 0.2) is 5.78 Å². The van der Waals surface area contributed by atoms with Crippen molar-refractivity contribution in [1.82, 2.24) is 4.72 Å². The highest BCUT2D eigenvalue weighted by atomic mass is 32.2. The molecule has 2 N–H and O–H groups in total. The topological polar surface area (TPSA) is 92.3 Å². The van der Waals surface area contributed by atoms with E-state index in [1.807, 2.05) is 18.4 Å². The van der Waals surface area contributed by atoms with Crippen LogP contribution < -0.4 is 10.0 Å². The molecule has 0 fully saturated rings. The van der Waals surface area contributed by atoms with Crippen molar-refractivity contribution in [3.63, 3.8) is 0 Å². The molecule has 0 atom stereocenters. The average molecular weight is 421 g/mol. The molecule has 0 aliphatic rings. The van der Waals surface area contributed by atoms with Gasteiger partial charge in [-0.2, -0.15) is 0 Å². The third-order valence-electron chi connectivity index (χ3n) is 3.83. The molecule has 0 aliphatic carbocycles. The van der Waals surface area contributed by atoms with Crippen LogP contribution in [-0.2, 0) is 14.8 Å². The Bertz CT molecular complexity index is 922. The summed E-state index contributed by atoms with van der Waals surface area (Å²) in [5.74, 6) is -0.394. The molecule has 0 spiro atoms. The number of ketones is 1. The fourth-order valence-electron chi connectivity index (χ4n) is 2.47. The zero-order valence-corrected chi connectivity index (χ0v) is 17.7. The molecule has 0 aromatic heterocycles. The summed E-state index contributed by atoms with van der Waals surface area (Å²) in [6, 6.07) is 13.0. The number of Topliss-reactive ketones (excluding diaryl/α,β-unsaturated/α-hetero) is 1. The van der Waals surface area contributed by atoms with Gasteiger partial charge >= 0.3 is 0 Å². The lowest BCUT2D eigenvalue weighted by atomic mass is 10.1. The lowest BCUT2D eigenvalue weighted by molar-refractivity contribution is -0.116. The number of benzene rings is 2. The van der Waals surface area contributed by atoms with Gasteiger partial charge in [-0.25, -0.2) is 13.1 Å². The van der Waals surface area contributed by atoms with E-state index in [9.17, 15) is 18.0 Å². The third-order valence-corrected chi connectivity index (χ3v) is 6.25. The number of nitrogens with one attached hydrogen (secondary N) is 2. The van der Waals surface area contributed by atoms with Gasteiger partial charge in [0.1, 0.15) is 0 Å². The molecular formula is C20H24N2O4S2. The normalized spacial score (nSPS) is 11.4. The fraction of sp³-hybridized carbons (Fsp3) is 0.300. The summed E-state index contributed by atoms with van der Waals surface area (Å²) in [5, 5.41) is 2.68. The molecule has 8 heteroatoms. The summed E-state index contributed by atoms with van der Waals surface area (Å²) in [6.07, 6.45) is 2.12. The van der Waals surface area contributed by atoms with Crippen LogP contribution in [0, 0.1) is 0 Å². The Hall–Kier alpha value is -2.16. The zero-order chi connectivity index (χ0) is 20.7. The molecule has 28 heavy (non-hydrogen) atoms. The van der Waals surface area contributed by atoms with Gasteiger partial charge in [-0.3, -0.25) is 9.59 Å². The second-order valence-electron chi connectivity index (χ2n) is 6.50. The van der Waals surface area contributed by atoms with E-state index in [4.69, 9.17) is 0 Å². The maximum Gasteiger partial charge on any atom is 0.240 e. The van der Waals surface area contributed by atoms with Crippen molar-refractivity contribution in [2.24, 2.45) is 0 Å². The van der Waals surface area contributed by atoms with E-state index in [1.165, 1.54) is 24.3 Å². The van der Waals surface area contributed by atoms with E-state index in [2.05, 4.69) is 10.0 Å². The van der Waals surface area contributed by atoms with E-state index in [-0.39, 0.29) is 35.5 Å². The smallest absolute Gasteiger partial charge is 0.240 e. The van der Waals surface area contributed by atoms with Crippen molar-refractivity contribution in [3.05, 3.63) is 54.1 Å². The van der Waals surface area contributed by atoms with Crippen LogP contribution in [0.3, 0.4) is 0 Å². The van der Waals surface area contributed by atoms with Crippen LogP contribution >= 0.6 is 11.8 Å². The maximum atomic E-state index is 12.2. The summed E-state index contributed by atoms with van der Waals surface area (Å²) in [6.45, 7) is 3.48. The summed E-state index contributed by atoms with van der Waals surface area (Å²) in [5.41, 5.74) is 1.06. The van der Waals surface area contributed by atoms with E-state index in [0.29, 0.717) is 11.3 Å². The molecule has 2 aromatic carbocycles. The van der Waals surface area contributed by atoms with Gasteiger partial charge in [0.2, 0.25) is 15.9 Å². The van der Waals surface area contributed by atoms with Crippen LogP contribution in [0.25, 0.3) is 0 Å². The quantitative estimate of drug-likeness (QED) is 0.477. The number of amides is 1. The molecule has 0 unspecified atom stereocenters. The highest BCUT2D eigenvalue weighted by molar-refractivity contribution is 7.98. The van der Waals surface area contributed by atoms with Crippen molar-refractivity contribution < 1.29 is 18.0 Å². The molecule has 150 valence electrons. The Morgan fingerprint density at radius 1 is 0.964 bits per heavy atom. The van der Waals surface area contributed by atoms with Crippen molar-refractivity contribution in [2.45, 2.75) is 42.5 Å². The highest BCUT2D eigenvalue weighted by Crippen LogP contribution is 2.17. The van der Waals surface area contributed by atoms with Crippen molar-refractivity contribution in [3.8, 4) is 0 Å². The lowest BCUT2D eigenvalue weighted by Crippen LogP contribution is -2.30. The molecule has 0 saturated heterocycles. The van der Waals surface area contributed by atoms with Crippen molar-refractivity contribution >= 4 is 39.2 Å². The Balaban J connectivity index is 1.89. The molecule has 1 amide bonds. The summed E-state index contributed by atoms with van der Waals surface area (Å²) in [4.78, 5) is 25.5. The number of thioether (sulfide) groups is 1. The number of carbonyl (C=O) groups is 2. The molecule has 0 radical (unpaired) electrons. The summed E-state index contributed by atoms with van der Waals surface area (Å²) >= 11 is 1.60. The minimum atomic E-state index is -3.57. The van der Waals surface area contributed by atoms with Crippen LogP contribution in [0.2, 0.25) is 0 Å². The standard InChI is InChI=1S/C20H24N2O4S2/c1-14(2)22-28(25,26)18-10-6-16(7-11-18)21-20(24)13-12-19(23)15-4-8-17(27-3)9-5-15/h4-11,14,22H,12-13H2,1-3H3,(H,21,24). The molecule has 0 aliphatic heterocycles. The molecule has 6 nitrogen and oxygen atoms in total. The number of hydrogen-bond acceptors (Lipinski definition) is 5. The SMILES string of the molecule is CSc1ccc(C(=O)CCC(=O)Nc2ccc(S(=O)(=O)NC(C)C)cc2)cc1. The monoisotopic (exact) mass is 420 g/mol. The first-order valence-electron chi connectivity index (χ1n) is 8.81. The Labute approximate surface area is 170 Å². The van der Waals surface area contributed by atoms with Crippen LogP contribution in [0.1, 0.15) is 37.0 Å². The van der Waals surface area contributed by atoms with Crippen LogP contribution in [0.5, 0.6) is 0 Å². The molecule has 0 heterocycles. The number of carbonyl (C=O) groups excluding carboxylic acids is 2. The Kier molecular flexibility index (Phi) is 7.79. The molecule has 0 bridgehead atoms. The van der Waals surface area contributed by atoms with Gasteiger partial charge in [0.05, 0.1) is 4.90 Å². The van der Waals surface area contributed by atoms with E-state index < -0.39 is 10.0 Å². The number of hydrogen-bond donors (Lipinski definition) is 2. The largest absolute Gasteiger partial charge is 0.326 e. The van der Waals surface area contributed by atoms with Gasteiger partial charge in [0.25, 0.3) is 0 Å². The van der Waals surface area contributed by atoms with Crippen molar-refractivity contribution in [2.75, 3.05) is 11.6 Å². The first-order chi connectivity index (χ1) is 13.2. The molecular weight excluding hydrogens is 396 g/mol. The minimum Gasteiger partial charge on any atom is -0.326 e. The van der Waals surface area contributed by atoms with Crippen molar-refractivity contribution in [1.29, 1.82) is 0 Å². The van der Waals surface area contributed by atoms with Gasteiger partial charge in [-0.05, 0) is 56.5 Å². The minimum absolute atomic E-state index is 0.0536. The fourth-order valence-corrected chi connectivity index (χ4v) is 4.13. The van der Waals surface area contributed by atoms with E-state index in [1.54, 1.807) is 37.7 Å². The summed E-state index contributed by atoms with van der Waals surface area (Å²) < 4.78 is 26.7. The summed E-state index contributed by atoms with van der Waals surface area (Å²) in [7, 11) is -3.57. The van der Waals surface area contributed by atoms with Gasteiger partial charge in [-0.1, -0.05) is 12.1 Å². The maximum absolute atomic E-state index is 12.2. The molecule has 2 rings (SSSR count). The Morgan fingerprint density at radius 2 is 1.57 bits per heavy atom. The van der Waals surface area contributed by atoms with Gasteiger partial charge in [0, 0.05) is 35.0 Å². The predicted molar refractivity (Wildman–Crippen MR) is 112 cm³/mol. The second kappa shape index (κ2) is 9.86. The average Bonchev–Trinajstić information content (AvgIpc) is 2.65. The predicted octanol–water partition coefficient (Wildman–Crippen LogP) is 3.70. The van der Waals surface area contributed by atoms with Gasteiger partial charge in [-0.15, -0.1) is 11.8 Å². The van der Waals surface area contributed by atoms with E-state index in [0.717, 1.165) is 4.90 Å². The second-order valence-corrected chi connectivity index (χ2v) is 9.09. The zero-order valence-electron chi connectivity index (χ0n) is 16.1. The van der Waals surface area contributed by atoms with Crippen LogP contribution in [-0.4, -0.2) is 32.4 Å². The number of anilines is 1. The van der Waals surface area contributed by atoms with Gasteiger partial charge < -0.3 is 5.32 Å². The van der Waals surface area contributed by atoms with Crippen LogP contribution in [0.4, 0.5) is 5.69 Å². The Morgan fingerprint density at radius 3 is 2.11 bits per heavy atom. The number of sulfonamides is 1. The first kappa shape index (κ1) is 22.1. The highest BCUT2D eigenvalue weighted by Gasteiger charge is 2.15. The van der Waals surface area contributed by atoms with Crippen LogP contribution in [0.15, 0.2) is 58.3 Å². The first-order valence-corrected chi connectivity index (χ1v) is 11.5. The lowest BCUT2D eigenvalue weighted by Gasteiger charge is -2.10. The number of rotatable bonds is 9. The third kappa shape index (κ3) is 6.47.